The maximum Gasteiger partial charge on any atom is 0.323 e. The highest BCUT2D eigenvalue weighted by Crippen LogP contribution is 2.29. The normalized spacial score (nSPS) is 30.8. The lowest BCUT2D eigenvalue weighted by Gasteiger charge is -2.44. The van der Waals surface area contributed by atoms with Crippen molar-refractivity contribution in [3.05, 3.63) is 0 Å². The molecule has 0 spiro atoms. The van der Waals surface area contributed by atoms with Gasteiger partial charge in [0.2, 0.25) is 0 Å². The minimum Gasteiger partial charge on any atom is -0.480 e. The fourth-order valence-corrected chi connectivity index (χ4v) is 2.20. The lowest BCUT2D eigenvalue weighted by molar-refractivity contribution is -0.154. The van der Waals surface area contributed by atoms with Crippen LogP contribution in [0.25, 0.3) is 0 Å². The van der Waals surface area contributed by atoms with Crippen LogP contribution in [0, 0.1) is 0 Å². The van der Waals surface area contributed by atoms with Gasteiger partial charge in [-0.15, -0.1) is 0 Å². The van der Waals surface area contributed by atoms with Crippen molar-refractivity contribution in [2.24, 2.45) is 0 Å². The van der Waals surface area contributed by atoms with E-state index in [-0.39, 0.29) is 0 Å². The molecule has 3 heteroatoms. The van der Waals surface area contributed by atoms with Gasteiger partial charge in [0.25, 0.3) is 0 Å². The van der Waals surface area contributed by atoms with E-state index in [1.165, 1.54) is 0 Å². The molecule has 1 atom stereocenters. The number of hydrogen-bond donors (Lipinski definition) is 1. The average Bonchev–Trinajstić information content (AvgIpc) is 2.04. The SMILES string of the molecule is CC(C)N1CCCCC1(C)C(=O)O. The van der Waals surface area contributed by atoms with E-state index < -0.39 is 11.5 Å². The molecule has 13 heavy (non-hydrogen) atoms. The van der Waals surface area contributed by atoms with Gasteiger partial charge < -0.3 is 5.11 Å². The zero-order chi connectivity index (χ0) is 10.1. The van der Waals surface area contributed by atoms with Crippen molar-refractivity contribution in [3.8, 4) is 0 Å². The Labute approximate surface area is 79.7 Å². The molecule has 1 heterocycles. The van der Waals surface area contributed by atoms with Crippen LogP contribution in [0.5, 0.6) is 0 Å². The summed E-state index contributed by atoms with van der Waals surface area (Å²) in [4.78, 5) is 13.2. The molecule has 1 fully saturated rings. The monoisotopic (exact) mass is 185 g/mol. The molecule has 0 aromatic heterocycles. The van der Waals surface area contributed by atoms with Crippen LogP contribution in [0.4, 0.5) is 0 Å². The molecule has 0 radical (unpaired) electrons. The topological polar surface area (TPSA) is 40.5 Å². The highest BCUT2D eigenvalue weighted by Gasteiger charge is 2.42. The number of nitrogens with zero attached hydrogens (tertiary/aromatic N) is 1. The molecule has 76 valence electrons. The summed E-state index contributed by atoms with van der Waals surface area (Å²) in [5.41, 5.74) is -0.633. The first-order valence-electron chi connectivity index (χ1n) is 4.98. The van der Waals surface area contributed by atoms with Gasteiger partial charge in [0.1, 0.15) is 5.54 Å². The Hall–Kier alpha value is -0.570. The largest absolute Gasteiger partial charge is 0.480 e. The van der Waals surface area contributed by atoms with Gasteiger partial charge in [0, 0.05) is 6.04 Å². The van der Waals surface area contributed by atoms with Gasteiger partial charge in [-0.2, -0.15) is 0 Å². The molecular formula is C10H19NO2. The second kappa shape index (κ2) is 3.66. The first-order valence-corrected chi connectivity index (χ1v) is 4.98. The summed E-state index contributed by atoms with van der Waals surface area (Å²) in [5.74, 6) is -0.680. The fourth-order valence-electron chi connectivity index (χ4n) is 2.20. The van der Waals surface area contributed by atoms with E-state index in [9.17, 15) is 9.90 Å². The Balaban J connectivity index is 2.83. The van der Waals surface area contributed by atoms with Crippen LogP contribution in [-0.2, 0) is 4.79 Å². The molecular weight excluding hydrogens is 166 g/mol. The van der Waals surface area contributed by atoms with Gasteiger partial charge in [-0.05, 0) is 46.6 Å². The van der Waals surface area contributed by atoms with E-state index in [0.717, 1.165) is 25.8 Å². The van der Waals surface area contributed by atoms with Crippen molar-refractivity contribution in [1.29, 1.82) is 0 Å². The summed E-state index contributed by atoms with van der Waals surface area (Å²) in [6, 6.07) is 0.321. The summed E-state index contributed by atoms with van der Waals surface area (Å²) in [5, 5.41) is 9.18. The third-order valence-corrected chi connectivity index (χ3v) is 3.03. The zero-order valence-corrected chi connectivity index (χ0v) is 8.71. The standard InChI is InChI=1S/C10H19NO2/c1-8(2)11-7-5-4-6-10(11,3)9(12)13/h8H,4-7H2,1-3H3,(H,12,13). The number of carbonyl (C=O) groups is 1. The summed E-state index contributed by atoms with van der Waals surface area (Å²) in [6.07, 6.45) is 2.94. The second-order valence-electron chi connectivity index (χ2n) is 4.32. The number of rotatable bonds is 2. The highest BCUT2D eigenvalue weighted by atomic mass is 16.4. The molecule has 1 N–H and O–H groups in total. The number of carboxylic acids is 1. The minimum absolute atomic E-state index is 0.321. The Kier molecular flexibility index (Phi) is 2.96. The molecule has 3 nitrogen and oxygen atoms in total. The van der Waals surface area contributed by atoms with Crippen LogP contribution in [0.2, 0.25) is 0 Å². The van der Waals surface area contributed by atoms with E-state index in [1.54, 1.807) is 0 Å². The Bertz CT molecular complexity index is 203. The quantitative estimate of drug-likeness (QED) is 0.712. The van der Waals surface area contributed by atoms with E-state index in [1.807, 2.05) is 6.92 Å². The van der Waals surface area contributed by atoms with Gasteiger partial charge in [-0.3, -0.25) is 9.69 Å². The first-order chi connectivity index (χ1) is 5.98. The third kappa shape index (κ3) is 1.85. The first kappa shape index (κ1) is 10.5. The van der Waals surface area contributed by atoms with Crippen LogP contribution in [0.1, 0.15) is 40.0 Å². The van der Waals surface area contributed by atoms with Crippen molar-refractivity contribution in [2.75, 3.05) is 6.54 Å². The second-order valence-corrected chi connectivity index (χ2v) is 4.32. The van der Waals surface area contributed by atoms with Gasteiger partial charge in [0.15, 0.2) is 0 Å². The molecule has 0 aromatic carbocycles. The molecule has 0 aromatic rings. The Morgan fingerprint density at radius 1 is 1.46 bits per heavy atom. The summed E-state index contributed by atoms with van der Waals surface area (Å²) < 4.78 is 0. The smallest absolute Gasteiger partial charge is 0.323 e. The highest BCUT2D eigenvalue weighted by molar-refractivity contribution is 5.78. The van der Waals surface area contributed by atoms with Crippen molar-refractivity contribution in [2.45, 2.75) is 51.6 Å². The van der Waals surface area contributed by atoms with Crippen molar-refractivity contribution < 1.29 is 9.90 Å². The Morgan fingerprint density at radius 3 is 2.46 bits per heavy atom. The molecule has 0 bridgehead atoms. The number of hydrogen-bond acceptors (Lipinski definition) is 2. The van der Waals surface area contributed by atoms with Gasteiger partial charge in [-0.25, -0.2) is 0 Å². The predicted molar refractivity (Wildman–Crippen MR) is 51.7 cm³/mol. The maximum atomic E-state index is 11.1. The van der Waals surface area contributed by atoms with E-state index >= 15 is 0 Å². The number of carboxylic acid groups (broad SMARTS) is 1. The summed E-state index contributed by atoms with van der Waals surface area (Å²) in [6.45, 7) is 6.88. The molecule has 0 amide bonds. The molecule has 1 saturated heterocycles. The van der Waals surface area contributed by atoms with E-state index in [4.69, 9.17) is 0 Å². The zero-order valence-electron chi connectivity index (χ0n) is 8.71. The van der Waals surface area contributed by atoms with E-state index in [0.29, 0.717) is 6.04 Å². The average molecular weight is 185 g/mol. The number of aliphatic carboxylic acids is 1. The van der Waals surface area contributed by atoms with Gasteiger partial charge >= 0.3 is 5.97 Å². The van der Waals surface area contributed by atoms with Crippen molar-refractivity contribution >= 4 is 5.97 Å². The predicted octanol–water partition coefficient (Wildman–Crippen LogP) is 1.72. The van der Waals surface area contributed by atoms with Gasteiger partial charge in [-0.1, -0.05) is 0 Å². The maximum absolute atomic E-state index is 11.1. The molecule has 0 saturated carbocycles. The van der Waals surface area contributed by atoms with Crippen LogP contribution < -0.4 is 0 Å². The van der Waals surface area contributed by atoms with Crippen LogP contribution in [-0.4, -0.2) is 34.1 Å². The van der Waals surface area contributed by atoms with E-state index in [2.05, 4.69) is 18.7 Å². The summed E-state index contributed by atoms with van der Waals surface area (Å²) >= 11 is 0. The molecule has 0 aliphatic carbocycles. The molecule has 1 rings (SSSR count). The van der Waals surface area contributed by atoms with Crippen LogP contribution in [0.15, 0.2) is 0 Å². The minimum atomic E-state index is -0.680. The Morgan fingerprint density at radius 2 is 2.08 bits per heavy atom. The molecule has 1 aliphatic heterocycles. The molecule has 1 aliphatic rings. The molecule has 1 unspecified atom stereocenters. The van der Waals surface area contributed by atoms with Crippen LogP contribution in [0.3, 0.4) is 0 Å². The third-order valence-electron chi connectivity index (χ3n) is 3.03. The van der Waals surface area contributed by atoms with Crippen molar-refractivity contribution in [1.82, 2.24) is 4.90 Å². The lowest BCUT2D eigenvalue weighted by Crippen LogP contribution is -2.57. The summed E-state index contributed by atoms with van der Waals surface area (Å²) in [7, 11) is 0. The van der Waals surface area contributed by atoms with Gasteiger partial charge in [0.05, 0.1) is 0 Å². The van der Waals surface area contributed by atoms with Crippen LogP contribution >= 0.6 is 0 Å². The number of piperidine rings is 1. The lowest BCUT2D eigenvalue weighted by atomic mass is 9.87. The fraction of sp³-hybridized carbons (Fsp3) is 0.900. The number of likely N-dealkylation sites (tertiary alicyclic amines) is 1. The van der Waals surface area contributed by atoms with Crippen molar-refractivity contribution in [3.63, 3.8) is 0 Å².